The molecule has 0 saturated carbocycles. The third-order valence-corrected chi connectivity index (χ3v) is 3.85. The molecule has 0 spiro atoms. The van der Waals surface area contributed by atoms with Gasteiger partial charge >= 0.3 is 0 Å². The van der Waals surface area contributed by atoms with Crippen molar-refractivity contribution in [2.24, 2.45) is 7.05 Å². The van der Waals surface area contributed by atoms with Crippen molar-refractivity contribution in [2.45, 2.75) is 0 Å². The van der Waals surface area contributed by atoms with Gasteiger partial charge in [0, 0.05) is 16.8 Å². The Balaban J connectivity index is 1.95. The molecule has 0 amide bonds. The van der Waals surface area contributed by atoms with Crippen LogP contribution in [0.25, 0.3) is 33.1 Å². The Kier molecular flexibility index (Phi) is 2.68. The van der Waals surface area contributed by atoms with Crippen LogP contribution >= 0.6 is 0 Å². The highest BCUT2D eigenvalue weighted by atomic mass is 14.9. The van der Waals surface area contributed by atoms with Gasteiger partial charge in [0.15, 0.2) is 6.20 Å². The maximum absolute atomic E-state index is 4.78. The van der Waals surface area contributed by atoms with Crippen molar-refractivity contribution in [1.29, 1.82) is 0 Å². The summed E-state index contributed by atoms with van der Waals surface area (Å²) in [6.07, 6.45) is 2.14. The van der Waals surface area contributed by atoms with Crippen molar-refractivity contribution in [2.75, 3.05) is 0 Å². The van der Waals surface area contributed by atoms with E-state index in [2.05, 4.69) is 72.4 Å². The predicted molar refractivity (Wildman–Crippen MR) is 85.9 cm³/mol. The molecule has 0 N–H and O–H groups in total. The summed E-state index contributed by atoms with van der Waals surface area (Å²) >= 11 is 0. The fraction of sp³-hybridized carbons (Fsp3) is 0.0526. The lowest BCUT2D eigenvalue weighted by Gasteiger charge is -2.04. The minimum Gasteiger partial charge on any atom is -0.248 e. The number of rotatable bonds is 1. The van der Waals surface area contributed by atoms with Gasteiger partial charge in [-0.15, -0.1) is 0 Å². The second-order valence-electron chi connectivity index (χ2n) is 5.29. The highest BCUT2D eigenvalue weighted by Crippen LogP contribution is 2.22. The smallest absolute Gasteiger partial charge is 0.212 e. The van der Waals surface area contributed by atoms with Crippen molar-refractivity contribution in [3.63, 3.8) is 0 Å². The highest BCUT2D eigenvalue weighted by molar-refractivity contribution is 5.84. The van der Waals surface area contributed by atoms with Crippen molar-refractivity contribution in [3.8, 4) is 11.3 Å². The van der Waals surface area contributed by atoms with E-state index in [9.17, 15) is 0 Å². The van der Waals surface area contributed by atoms with E-state index in [1.54, 1.807) is 0 Å². The standard InChI is InChI=1S/C19H15N2/c1-21-13-16(12-15-7-3-5-9-19(15)21)18-11-10-14-6-2-4-8-17(14)20-18/h2-13H,1H3/q+1. The molecule has 0 aliphatic rings. The van der Waals surface area contributed by atoms with Crippen LogP contribution in [0.15, 0.2) is 72.9 Å². The van der Waals surface area contributed by atoms with E-state index in [0.717, 1.165) is 16.8 Å². The number of aryl methyl sites for hydroxylation is 1. The Bertz CT molecular complexity index is 958. The number of para-hydroxylation sites is 2. The summed E-state index contributed by atoms with van der Waals surface area (Å²) < 4.78 is 2.15. The zero-order chi connectivity index (χ0) is 14.2. The van der Waals surface area contributed by atoms with Crippen molar-refractivity contribution in [1.82, 2.24) is 4.98 Å². The number of nitrogens with zero attached hydrogens (tertiary/aromatic N) is 2. The Hall–Kier alpha value is -2.74. The number of aromatic nitrogens is 2. The van der Waals surface area contributed by atoms with E-state index in [1.807, 2.05) is 12.1 Å². The summed E-state index contributed by atoms with van der Waals surface area (Å²) in [5.41, 5.74) is 4.41. The average Bonchev–Trinajstić information content (AvgIpc) is 2.54. The van der Waals surface area contributed by atoms with Crippen LogP contribution in [0.5, 0.6) is 0 Å². The average molecular weight is 271 g/mol. The first-order valence-corrected chi connectivity index (χ1v) is 7.06. The number of benzene rings is 2. The van der Waals surface area contributed by atoms with Gasteiger partial charge in [-0.3, -0.25) is 0 Å². The highest BCUT2D eigenvalue weighted by Gasteiger charge is 2.10. The first-order valence-electron chi connectivity index (χ1n) is 7.06. The molecule has 0 aliphatic heterocycles. The molecule has 2 nitrogen and oxygen atoms in total. The van der Waals surface area contributed by atoms with E-state index in [4.69, 9.17) is 4.98 Å². The molecule has 0 aliphatic carbocycles. The SMILES string of the molecule is C[n+]1cc(-c2ccc3ccccc3n2)cc2ccccc21. The van der Waals surface area contributed by atoms with Gasteiger partial charge < -0.3 is 0 Å². The van der Waals surface area contributed by atoms with Gasteiger partial charge in [-0.05, 0) is 24.3 Å². The van der Waals surface area contributed by atoms with Gasteiger partial charge in [-0.1, -0.05) is 36.4 Å². The molecule has 21 heavy (non-hydrogen) atoms. The quantitative estimate of drug-likeness (QED) is 0.480. The molecule has 0 fully saturated rings. The molecule has 100 valence electrons. The van der Waals surface area contributed by atoms with E-state index in [1.165, 1.54) is 16.3 Å². The largest absolute Gasteiger partial charge is 0.248 e. The van der Waals surface area contributed by atoms with Crippen LogP contribution < -0.4 is 4.57 Å². The zero-order valence-electron chi connectivity index (χ0n) is 11.8. The van der Waals surface area contributed by atoms with Crippen LogP contribution in [0.4, 0.5) is 0 Å². The van der Waals surface area contributed by atoms with Crippen LogP contribution in [-0.4, -0.2) is 4.98 Å². The van der Waals surface area contributed by atoms with Crippen molar-refractivity contribution in [3.05, 3.63) is 72.9 Å². The van der Waals surface area contributed by atoms with Crippen LogP contribution in [0, 0.1) is 0 Å². The monoisotopic (exact) mass is 271 g/mol. The molecule has 2 aromatic heterocycles. The maximum Gasteiger partial charge on any atom is 0.212 e. The van der Waals surface area contributed by atoms with Gasteiger partial charge in [-0.2, -0.15) is 0 Å². The molecular weight excluding hydrogens is 256 g/mol. The molecular formula is C19H15N2+. The number of hydrogen-bond acceptors (Lipinski definition) is 1. The van der Waals surface area contributed by atoms with Crippen LogP contribution in [0.2, 0.25) is 0 Å². The first kappa shape index (κ1) is 12.0. The first-order chi connectivity index (χ1) is 10.3. The van der Waals surface area contributed by atoms with Gasteiger partial charge in [0.2, 0.25) is 5.52 Å². The van der Waals surface area contributed by atoms with Crippen molar-refractivity contribution >= 4 is 21.8 Å². The fourth-order valence-electron chi connectivity index (χ4n) is 2.78. The summed E-state index contributed by atoms with van der Waals surface area (Å²) in [5, 5.41) is 2.40. The molecule has 2 aromatic carbocycles. The number of fused-ring (bicyclic) bond motifs is 2. The second-order valence-corrected chi connectivity index (χ2v) is 5.29. The molecule has 2 heteroatoms. The van der Waals surface area contributed by atoms with E-state index >= 15 is 0 Å². The number of hydrogen-bond donors (Lipinski definition) is 0. The lowest BCUT2D eigenvalue weighted by atomic mass is 10.1. The molecule has 4 aromatic rings. The van der Waals surface area contributed by atoms with Crippen molar-refractivity contribution < 1.29 is 4.57 Å². The molecule has 0 bridgehead atoms. The molecule has 2 heterocycles. The number of pyridine rings is 2. The fourth-order valence-corrected chi connectivity index (χ4v) is 2.78. The summed E-state index contributed by atoms with van der Waals surface area (Å²) in [6.45, 7) is 0. The molecule has 0 saturated heterocycles. The minimum atomic E-state index is 1.01. The Morgan fingerprint density at radius 3 is 2.48 bits per heavy atom. The third-order valence-electron chi connectivity index (χ3n) is 3.85. The second kappa shape index (κ2) is 4.67. The molecule has 0 radical (unpaired) electrons. The van der Waals surface area contributed by atoms with Crippen LogP contribution in [0.1, 0.15) is 0 Å². The summed E-state index contributed by atoms with van der Waals surface area (Å²) in [7, 11) is 2.08. The normalized spacial score (nSPS) is 11.1. The third kappa shape index (κ3) is 2.05. The van der Waals surface area contributed by atoms with Gasteiger partial charge in [0.25, 0.3) is 0 Å². The van der Waals surface area contributed by atoms with Crippen LogP contribution in [-0.2, 0) is 7.05 Å². The topological polar surface area (TPSA) is 16.8 Å². The summed E-state index contributed by atoms with van der Waals surface area (Å²) in [5.74, 6) is 0. The maximum atomic E-state index is 4.78. The van der Waals surface area contributed by atoms with Gasteiger partial charge in [0.05, 0.1) is 16.8 Å². The van der Waals surface area contributed by atoms with Gasteiger partial charge in [-0.25, -0.2) is 9.55 Å². The Morgan fingerprint density at radius 1 is 0.810 bits per heavy atom. The lowest BCUT2D eigenvalue weighted by Crippen LogP contribution is -2.28. The van der Waals surface area contributed by atoms with E-state index in [-0.39, 0.29) is 0 Å². The molecule has 4 rings (SSSR count). The zero-order valence-corrected chi connectivity index (χ0v) is 11.8. The molecule has 0 unspecified atom stereocenters. The minimum absolute atomic E-state index is 1.01. The Morgan fingerprint density at radius 2 is 1.57 bits per heavy atom. The van der Waals surface area contributed by atoms with Gasteiger partial charge in [0.1, 0.15) is 7.05 Å². The van der Waals surface area contributed by atoms with E-state index < -0.39 is 0 Å². The van der Waals surface area contributed by atoms with Crippen LogP contribution in [0.3, 0.4) is 0 Å². The summed E-state index contributed by atoms with van der Waals surface area (Å²) in [6, 6.07) is 23.0. The predicted octanol–water partition coefficient (Wildman–Crippen LogP) is 3.88. The molecule has 0 atom stereocenters. The van der Waals surface area contributed by atoms with E-state index in [0.29, 0.717) is 0 Å². The Labute approximate surface area is 123 Å². The lowest BCUT2D eigenvalue weighted by molar-refractivity contribution is -0.644. The summed E-state index contributed by atoms with van der Waals surface area (Å²) in [4.78, 5) is 4.78.